The van der Waals surface area contributed by atoms with Gasteiger partial charge in [-0.05, 0) is 35.4 Å². The van der Waals surface area contributed by atoms with Crippen LogP contribution in [0.4, 0.5) is 0 Å². The summed E-state index contributed by atoms with van der Waals surface area (Å²) in [6.45, 7) is 0. The Labute approximate surface area is 118 Å². The molecule has 0 aliphatic rings. The first-order chi connectivity index (χ1) is 9.22. The monoisotopic (exact) mass is 274 g/mol. The van der Waals surface area contributed by atoms with Gasteiger partial charge in [-0.15, -0.1) is 0 Å². The molecule has 0 aromatic heterocycles. The van der Waals surface area contributed by atoms with E-state index in [1.165, 1.54) is 0 Å². The van der Waals surface area contributed by atoms with Crippen molar-refractivity contribution in [1.82, 2.24) is 0 Å². The maximum atomic E-state index is 5.85. The number of methoxy groups -OCH3 is 2. The van der Waals surface area contributed by atoms with E-state index in [-0.39, 0.29) is 0 Å². The van der Waals surface area contributed by atoms with Crippen molar-refractivity contribution in [3.05, 3.63) is 58.6 Å². The van der Waals surface area contributed by atoms with Crippen molar-refractivity contribution >= 4 is 23.8 Å². The fourth-order valence-corrected chi connectivity index (χ4v) is 1.85. The largest absolute Gasteiger partial charge is 0.493 e. The highest BCUT2D eigenvalue weighted by Gasteiger charge is 2.02. The van der Waals surface area contributed by atoms with Crippen molar-refractivity contribution in [3.63, 3.8) is 0 Å². The molecule has 0 unspecified atom stereocenters. The molecule has 0 bridgehead atoms. The molecule has 0 radical (unpaired) electrons. The fourth-order valence-electron chi connectivity index (χ4n) is 1.72. The summed E-state index contributed by atoms with van der Waals surface area (Å²) in [5, 5.41) is 0.739. The highest BCUT2D eigenvalue weighted by atomic mass is 35.5. The minimum Gasteiger partial charge on any atom is -0.493 e. The Hall–Kier alpha value is -1.93. The molecule has 19 heavy (non-hydrogen) atoms. The number of halogens is 1. The van der Waals surface area contributed by atoms with Gasteiger partial charge in [-0.3, -0.25) is 0 Å². The van der Waals surface area contributed by atoms with E-state index in [2.05, 4.69) is 0 Å². The Morgan fingerprint density at radius 1 is 0.789 bits per heavy atom. The van der Waals surface area contributed by atoms with E-state index in [0.717, 1.165) is 27.6 Å². The maximum Gasteiger partial charge on any atom is 0.161 e. The Morgan fingerprint density at radius 3 is 2.00 bits per heavy atom. The molecule has 2 rings (SSSR count). The first kappa shape index (κ1) is 13.5. The molecule has 0 aliphatic heterocycles. The fraction of sp³-hybridized carbons (Fsp3) is 0.125. The molecule has 0 heterocycles. The molecule has 0 aliphatic carbocycles. The lowest BCUT2D eigenvalue weighted by Gasteiger charge is -2.07. The second-order valence-electron chi connectivity index (χ2n) is 4.00. The van der Waals surface area contributed by atoms with E-state index in [1.807, 2.05) is 54.6 Å². The average molecular weight is 275 g/mol. The van der Waals surface area contributed by atoms with Crippen molar-refractivity contribution in [2.45, 2.75) is 0 Å². The molecule has 2 aromatic carbocycles. The lowest BCUT2D eigenvalue weighted by molar-refractivity contribution is 0.355. The van der Waals surface area contributed by atoms with Gasteiger partial charge in [-0.1, -0.05) is 42.0 Å². The van der Waals surface area contributed by atoms with Crippen LogP contribution in [0.3, 0.4) is 0 Å². The van der Waals surface area contributed by atoms with Crippen molar-refractivity contribution in [2.75, 3.05) is 14.2 Å². The standard InChI is InChI=1S/C16H15ClO2/c1-18-15-10-7-13(11-16(15)19-2)4-3-12-5-8-14(17)9-6-12/h3-11H,1-2H3/b4-3+. The van der Waals surface area contributed by atoms with E-state index in [0.29, 0.717) is 0 Å². The second-order valence-corrected chi connectivity index (χ2v) is 4.44. The van der Waals surface area contributed by atoms with Gasteiger partial charge in [0.15, 0.2) is 11.5 Å². The van der Waals surface area contributed by atoms with E-state index < -0.39 is 0 Å². The van der Waals surface area contributed by atoms with Crippen LogP contribution in [0.5, 0.6) is 11.5 Å². The lowest BCUT2D eigenvalue weighted by atomic mass is 10.1. The van der Waals surface area contributed by atoms with Crippen LogP contribution in [-0.4, -0.2) is 14.2 Å². The van der Waals surface area contributed by atoms with E-state index in [4.69, 9.17) is 21.1 Å². The Balaban J connectivity index is 2.21. The van der Waals surface area contributed by atoms with Crippen LogP contribution >= 0.6 is 11.6 Å². The Morgan fingerprint density at radius 2 is 1.37 bits per heavy atom. The average Bonchev–Trinajstić information content (AvgIpc) is 2.46. The predicted octanol–water partition coefficient (Wildman–Crippen LogP) is 4.53. The van der Waals surface area contributed by atoms with Crippen LogP contribution in [0.1, 0.15) is 11.1 Å². The summed E-state index contributed by atoms with van der Waals surface area (Å²) in [5.41, 5.74) is 2.15. The molecule has 98 valence electrons. The summed E-state index contributed by atoms with van der Waals surface area (Å²) in [5.74, 6) is 1.45. The van der Waals surface area contributed by atoms with Crippen LogP contribution in [0.15, 0.2) is 42.5 Å². The molecular formula is C16H15ClO2. The number of ether oxygens (including phenoxy) is 2. The third kappa shape index (κ3) is 3.52. The van der Waals surface area contributed by atoms with Crippen molar-refractivity contribution < 1.29 is 9.47 Å². The highest BCUT2D eigenvalue weighted by Crippen LogP contribution is 2.28. The molecular weight excluding hydrogens is 260 g/mol. The smallest absolute Gasteiger partial charge is 0.161 e. The zero-order valence-corrected chi connectivity index (χ0v) is 11.6. The molecule has 0 saturated carbocycles. The van der Waals surface area contributed by atoms with Crippen LogP contribution < -0.4 is 9.47 Å². The first-order valence-electron chi connectivity index (χ1n) is 5.88. The summed E-state index contributed by atoms with van der Waals surface area (Å²) in [6.07, 6.45) is 4.04. The minimum atomic E-state index is 0.723. The van der Waals surface area contributed by atoms with Crippen molar-refractivity contribution in [2.24, 2.45) is 0 Å². The van der Waals surface area contributed by atoms with Gasteiger partial charge in [0, 0.05) is 5.02 Å². The van der Waals surface area contributed by atoms with Gasteiger partial charge >= 0.3 is 0 Å². The normalized spacial score (nSPS) is 10.7. The molecule has 3 heteroatoms. The summed E-state index contributed by atoms with van der Waals surface area (Å²) < 4.78 is 10.5. The lowest BCUT2D eigenvalue weighted by Crippen LogP contribution is -1.90. The maximum absolute atomic E-state index is 5.85. The van der Waals surface area contributed by atoms with Gasteiger partial charge < -0.3 is 9.47 Å². The second kappa shape index (κ2) is 6.30. The van der Waals surface area contributed by atoms with Crippen molar-refractivity contribution in [1.29, 1.82) is 0 Å². The van der Waals surface area contributed by atoms with E-state index >= 15 is 0 Å². The van der Waals surface area contributed by atoms with Crippen molar-refractivity contribution in [3.8, 4) is 11.5 Å². The van der Waals surface area contributed by atoms with Gasteiger partial charge in [0.2, 0.25) is 0 Å². The summed E-state index contributed by atoms with van der Waals surface area (Å²) in [6, 6.07) is 13.5. The quantitative estimate of drug-likeness (QED) is 0.763. The first-order valence-corrected chi connectivity index (χ1v) is 6.26. The molecule has 0 fully saturated rings. The predicted molar refractivity (Wildman–Crippen MR) is 79.9 cm³/mol. The van der Waals surface area contributed by atoms with Crippen LogP contribution in [0.25, 0.3) is 12.2 Å². The third-order valence-corrected chi connectivity index (χ3v) is 3.00. The SMILES string of the molecule is COc1ccc(/C=C/c2ccc(Cl)cc2)cc1OC. The third-order valence-electron chi connectivity index (χ3n) is 2.75. The zero-order valence-electron chi connectivity index (χ0n) is 10.9. The van der Waals surface area contributed by atoms with Crippen LogP contribution in [-0.2, 0) is 0 Å². The number of rotatable bonds is 4. The number of hydrogen-bond acceptors (Lipinski definition) is 2. The Bertz CT molecular complexity index is 574. The minimum absolute atomic E-state index is 0.723. The van der Waals surface area contributed by atoms with Gasteiger partial charge in [0.05, 0.1) is 14.2 Å². The van der Waals surface area contributed by atoms with Crippen LogP contribution in [0, 0.1) is 0 Å². The van der Waals surface area contributed by atoms with E-state index in [9.17, 15) is 0 Å². The highest BCUT2D eigenvalue weighted by molar-refractivity contribution is 6.30. The molecule has 0 saturated heterocycles. The zero-order chi connectivity index (χ0) is 13.7. The van der Waals surface area contributed by atoms with E-state index in [1.54, 1.807) is 14.2 Å². The molecule has 0 atom stereocenters. The summed E-state index contributed by atoms with van der Waals surface area (Å²) >= 11 is 5.85. The van der Waals surface area contributed by atoms with Gasteiger partial charge in [-0.25, -0.2) is 0 Å². The number of hydrogen-bond donors (Lipinski definition) is 0. The Kier molecular flexibility index (Phi) is 4.48. The van der Waals surface area contributed by atoms with Gasteiger partial charge in [0.25, 0.3) is 0 Å². The molecule has 0 amide bonds. The summed E-state index contributed by atoms with van der Waals surface area (Å²) in [7, 11) is 3.26. The molecule has 2 aromatic rings. The molecule has 0 N–H and O–H groups in total. The summed E-state index contributed by atoms with van der Waals surface area (Å²) in [4.78, 5) is 0. The molecule has 2 nitrogen and oxygen atoms in total. The molecule has 0 spiro atoms. The van der Waals surface area contributed by atoms with Gasteiger partial charge in [0.1, 0.15) is 0 Å². The number of benzene rings is 2. The van der Waals surface area contributed by atoms with Crippen LogP contribution in [0.2, 0.25) is 5.02 Å². The topological polar surface area (TPSA) is 18.5 Å². The van der Waals surface area contributed by atoms with Gasteiger partial charge in [-0.2, -0.15) is 0 Å².